The SMILES string of the molecule is NC(=NCc1ccc(Cl)cc1)NCCO. The van der Waals surface area contributed by atoms with Gasteiger partial charge in [0.1, 0.15) is 0 Å². The van der Waals surface area contributed by atoms with Gasteiger partial charge in [-0.1, -0.05) is 23.7 Å². The van der Waals surface area contributed by atoms with Crippen LogP contribution in [0.15, 0.2) is 29.3 Å². The molecule has 15 heavy (non-hydrogen) atoms. The lowest BCUT2D eigenvalue weighted by molar-refractivity contribution is 0.300. The van der Waals surface area contributed by atoms with Gasteiger partial charge in [-0.05, 0) is 17.7 Å². The maximum atomic E-state index is 8.54. The fraction of sp³-hybridized carbons (Fsp3) is 0.300. The average molecular weight is 228 g/mol. The van der Waals surface area contributed by atoms with Crippen LogP contribution in [0.2, 0.25) is 5.02 Å². The Morgan fingerprint density at radius 1 is 1.40 bits per heavy atom. The molecule has 0 aromatic heterocycles. The molecule has 0 heterocycles. The maximum Gasteiger partial charge on any atom is 0.188 e. The number of aliphatic imine (C=N–C) groups is 1. The molecule has 0 amide bonds. The van der Waals surface area contributed by atoms with Gasteiger partial charge < -0.3 is 16.2 Å². The predicted molar refractivity (Wildman–Crippen MR) is 61.9 cm³/mol. The Labute approximate surface area is 93.8 Å². The largest absolute Gasteiger partial charge is 0.395 e. The number of hydrogen-bond acceptors (Lipinski definition) is 2. The molecule has 82 valence electrons. The number of guanidine groups is 1. The predicted octanol–water partition coefficient (Wildman–Crippen LogP) is 0.737. The molecule has 0 radical (unpaired) electrons. The second kappa shape index (κ2) is 6.27. The first-order valence-corrected chi connectivity index (χ1v) is 4.99. The van der Waals surface area contributed by atoms with Gasteiger partial charge in [-0.15, -0.1) is 0 Å². The molecular formula is C10H14ClN3O. The third-order valence-electron chi connectivity index (χ3n) is 1.76. The zero-order valence-corrected chi connectivity index (χ0v) is 9.04. The minimum absolute atomic E-state index is 0.0389. The van der Waals surface area contributed by atoms with Crippen molar-refractivity contribution in [3.8, 4) is 0 Å². The highest BCUT2D eigenvalue weighted by Crippen LogP contribution is 2.09. The van der Waals surface area contributed by atoms with Crippen LogP contribution in [0.1, 0.15) is 5.56 Å². The molecule has 0 atom stereocenters. The van der Waals surface area contributed by atoms with Crippen LogP contribution in [0, 0.1) is 0 Å². The van der Waals surface area contributed by atoms with Gasteiger partial charge in [-0.2, -0.15) is 0 Å². The zero-order chi connectivity index (χ0) is 11.1. The van der Waals surface area contributed by atoms with Gasteiger partial charge in [0, 0.05) is 11.6 Å². The smallest absolute Gasteiger partial charge is 0.188 e. The Balaban J connectivity index is 2.45. The highest BCUT2D eigenvalue weighted by Gasteiger charge is 1.93. The van der Waals surface area contributed by atoms with E-state index in [0.29, 0.717) is 24.1 Å². The van der Waals surface area contributed by atoms with Crippen LogP contribution in [0.5, 0.6) is 0 Å². The fourth-order valence-corrected chi connectivity index (χ4v) is 1.13. The van der Waals surface area contributed by atoms with E-state index in [1.54, 1.807) is 0 Å². The van der Waals surface area contributed by atoms with Gasteiger partial charge in [-0.3, -0.25) is 0 Å². The summed E-state index contributed by atoms with van der Waals surface area (Å²) < 4.78 is 0. The quantitative estimate of drug-likeness (QED) is 0.525. The summed E-state index contributed by atoms with van der Waals surface area (Å²) in [6, 6.07) is 7.41. The number of benzene rings is 1. The molecule has 0 fully saturated rings. The van der Waals surface area contributed by atoms with Gasteiger partial charge in [-0.25, -0.2) is 4.99 Å². The monoisotopic (exact) mass is 227 g/mol. The Morgan fingerprint density at radius 3 is 2.67 bits per heavy atom. The summed E-state index contributed by atoms with van der Waals surface area (Å²) in [5.74, 6) is 0.332. The zero-order valence-electron chi connectivity index (χ0n) is 8.28. The molecule has 0 aliphatic carbocycles. The fourth-order valence-electron chi connectivity index (χ4n) is 1.01. The molecule has 0 saturated heterocycles. The lowest BCUT2D eigenvalue weighted by Crippen LogP contribution is -2.33. The molecular weight excluding hydrogens is 214 g/mol. The summed E-state index contributed by atoms with van der Waals surface area (Å²) in [6.07, 6.45) is 0. The van der Waals surface area contributed by atoms with Gasteiger partial charge in [0.2, 0.25) is 0 Å². The molecule has 5 heteroatoms. The molecule has 0 saturated carbocycles. The van der Waals surface area contributed by atoms with E-state index in [1.807, 2.05) is 24.3 Å². The normalized spacial score (nSPS) is 11.5. The number of rotatable bonds is 4. The molecule has 0 aliphatic rings. The summed E-state index contributed by atoms with van der Waals surface area (Å²) in [5.41, 5.74) is 6.57. The van der Waals surface area contributed by atoms with Crippen LogP contribution in [0.25, 0.3) is 0 Å². The highest BCUT2D eigenvalue weighted by molar-refractivity contribution is 6.30. The minimum atomic E-state index is 0.0389. The second-order valence-corrected chi connectivity index (χ2v) is 3.41. The van der Waals surface area contributed by atoms with E-state index in [2.05, 4.69) is 10.3 Å². The van der Waals surface area contributed by atoms with Crippen molar-refractivity contribution in [3.05, 3.63) is 34.9 Å². The molecule has 4 N–H and O–H groups in total. The first kappa shape index (κ1) is 11.8. The number of nitrogens with two attached hydrogens (primary N) is 1. The number of aliphatic hydroxyl groups excluding tert-OH is 1. The molecule has 1 aromatic rings. The van der Waals surface area contributed by atoms with Gasteiger partial charge >= 0.3 is 0 Å². The average Bonchev–Trinajstić information content (AvgIpc) is 2.25. The van der Waals surface area contributed by atoms with Crippen molar-refractivity contribution in [2.45, 2.75) is 6.54 Å². The van der Waals surface area contributed by atoms with Gasteiger partial charge in [0.05, 0.1) is 13.2 Å². The lowest BCUT2D eigenvalue weighted by Gasteiger charge is -2.03. The Bertz CT molecular complexity index is 324. The van der Waals surface area contributed by atoms with E-state index in [-0.39, 0.29) is 6.61 Å². The van der Waals surface area contributed by atoms with E-state index in [4.69, 9.17) is 22.4 Å². The molecule has 0 spiro atoms. The molecule has 0 bridgehead atoms. The number of halogens is 1. The summed E-state index contributed by atoms with van der Waals surface area (Å²) in [4.78, 5) is 4.09. The summed E-state index contributed by atoms with van der Waals surface area (Å²) in [7, 11) is 0. The van der Waals surface area contributed by atoms with Crippen molar-refractivity contribution < 1.29 is 5.11 Å². The maximum absolute atomic E-state index is 8.54. The molecule has 0 unspecified atom stereocenters. The van der Waals surface area contributed by atoms with Crippen LogP contribution < -0.4 is 11.1 Å². The highest BCUT2D eigenvalue weighted by atomic mass is 35.5. The van der Waals surface area contributed by atoms with E-state index in [1.165, 1.54) is 0 Å². The van der Waals surface area contributed by atoms with Crippen LogP contribution in [0.4, 0.5) is 0 Å². The van der Waals surface area contributed by atoms with Gasteiger partial charge in [0.15, 0.2) is 5.96 Å². The lowest BCUT2D eigenvalue weighted by atomic mass is 10.2. The Hall–Kier alpha value is -1.26. The first-order valence-electron chi connectivity index (χ1n) is 4.61. The van der Waals surface area contributed by atoms with Crippen molar-refractivity contribution in [1.29, 1.82) is 0 Å². The summed E-state index contributed by atoms with van der Waals surface area (Å²) in [6.45, 7) is 0.953. The van der Waals surface area contributed by atoms with Crippen LogP contribution >= 0.6 is 11.6 Å². The van der Waals surface area contributed by atoms with Crippen molar-refractivity contribution >= 4 is 17.6 Å². The first-order chi connectivity index (χ1) is 7.22. The third kappa shape index (κ3) is 4.67. The second-order valence-electron chi connectivity index (χ2n) is 2.98. The minimum Gasteiger partial charge on any atom is -0.395 e. The molecule has 0 aliphatic heterocycles. The molecule has 1 aromatic carbocycles. The van der Waals surface area contributed by atoms with Crippen molar-refractivity contribution in [2.75, 3.05) is 13.2 Å². The van der Waals surface area contributed by atoms with Crippen molar-refractivity contribution in [3.63, 3.8) is 0 Å². The van der Waals surface area contributed by atoms with E-state index in [0.717, 1.165) is 5.56 Å². The number of aliphatic hydroxyl groups is 1. The van der Waals surface area contributed by atoms with Crippen LogP contribution in [-0.4, -0.2) is 24.2 Å². The number of hydrogen-bond donors (Lipinski definition) is 3. The van der Waals surface area contributed by atoms with E-state index >= 15 is 0 Å². The molecule has 4 nitrogen and oxygen atoms in total. The summed E-state index contributed by atoms with van der Waals surface area (Å²) in [5, 5.41) is 12.0. The topological polar surface area (TPSA) is 70.6 Å². The van der Waals surface area contributed by atoms with E-state index in [9.17, 15) is 0 Å². The Morgan fingerprint density at radius 2 is 2.07 bits per heavy atom. The number of nitrogens with one attached hydrogen (secondary N) is 1. The standard InChI is InChI=1S/C10H14ClN3O/c11-9-3-1-8(2-4-9)7-14-10(12)13-5-6-15/h1-4,15H,5-7H2,(H3,12,13,14). The number of nitrogens with zero attached hydrogens (tertiary/aromatic N) is 1. The summed E-state index contributed by atoms with van der Waals surface area (Å²) >= 11 is 5.74. The molecule has 1 rings (SSSR count). The van der Waals surface area contributed by atoms with Crippen molar-refractivity contribution in [2.24, 2.45) is 10.7 Å². The van der Waals surface area contributed by atoms with Gasteiger partial charge in [0.25, 0.3) is 0 Å². The van der Waals surface area contributed by atoms with Crippen LogP contribution in [0.3, 0.4) is 0 Å². The van der Waals surface area contributed by atoms with Crippen LogP contribution in [-0.2, 0) is 6.54 Å². The Kier molecular flexibility index (Phi) is 4.93. The third-order valence-corrected chi connectivity index (χ3v) is 2.02. The van der Waals surface area contributed by atoms with E-state index < -0.39 is 0 Å². The van der Waals surface area contributed by atoms with Crippen molar-refractivity contribution in [1.82, 2.24) is 5.32 Å².